The lowest BCUT2D eigenvalue weighted by atomic mass is 9.96. The first-order valence-corrected chi connectivity index (χ1v) is 7.78. The van der Waals surface area contributed by atoms with Crippen molar-refractivity contribution in [1.82, 2.24) is 5.32 Å². The van der Waals surface area contributed by atoms with Crippen molar-refractivity contribution in [2.24, 2.45) is 0 Å². The molecule has 1 aliphatic heterocycles. The molecule has 0 aliphatic carbocycles. The highest BCUT2D eigenvalue weighted by Gasteiger charge is 2.32. The zero-order valence-corrected chi connectivity index (χ0v) is 13.3. The summed E-state index contributed by atoms with van der Waals surface area (Å²) in [6, 6.07) is 9.23. The molecular formula is C17H28N2O. The first-order valence-electron chi connectivity index (χ1n) is 7.78. The van der Waals surface area contributed by atoms with Gasteiger partial charge in [-0.25, -0.2) is 0 Å². The van der Waals surface area contributed by atoms with E-state index in [2.05, 4.69) is 62.2 Å². The van der Waals surface area contributed by atoms with Gasteiger partial charge in [0.25, 0.3) is 0 Å². The van der Waals surface area contributed by atoms with E-state index in [0.29, 0.717) is 6.04 Å². The normalized spacial score (nSPS) is 19.9. The largest absolute Gasteiger partial charge is 0.377 e. The van der Waals surface area contributed by atoms with E-state index in [4.69, 9.17) is 4.74 Å². The molecule has 0 aromatic heterocycles. The van der Waals surface area contributed by atoms with E-state index in [1.54, 1.807) is 0 Å². The number of benzene rings is 1. The third-order valence-corrected chi connectivity index (χ3v) is 4.11. The van der Waals surface area contributed by atoms with Gasteiger partial charge in [0.15, 0.2) is 0 Å². The summed E-state index contributed by atoms with van der Waals surface area (Å²) in [7, 11) is 0. The van der Waals surface area contributed by atoms with E-state index >= 15 is 0 Å². The van der Waals surface area contributed by atoms with E-state index in [1.165, 1.54) is 11.3 Å². The first-order chi connectivity index (χ1) is 9.60. The van der Waals surface area contributed by atoms with Crippen LogP contribution < -0.4 is 10.2 Å². The van der Waals surface area contributed by atoms with Crippen molar-refractivity contribution >= 4 is 5.69 Å². The molecule has 0 saturated carbocycles. The van der Waals surface area contributed by atoms with E-state index < -0.39 is 0 Å². The minimum atomic E-state index is 0.0544. The Labute approximate surface area is 123 Å². The highest BCUT2D eigenvalue weighted by Crippen LogP contribution is 2.33. The zero-order valence-electron chi connectivity index (χ0n) is 13.3. The molecule has 0 amide bonds. The Morgan fingerprint density at radius 1 is 1.30 bits per heavy atom. The molecule has 3 nitrogen and oxygen atoms in total. The van der Waals surface area contributed by atoms with Crippen LogP contribution in [0.3, 0.4) is 0 Å². The molecule has 0 bridgehead atoms. The Morgan fingerprint density at radius 3 is 2.70 bits per heavy atom. The van der Waals surface area contributed by atoms with Gasteiger partial charge >= 0.3 is 0 Å². The molecule has 2 rings (SSSR count). The summed E-state index contributed by atoms with van der Waals surface area (Å²) in [5.74, 6) is 0. The average Bonchev–Trinajstić information content (AvgIpc) is 2.44. The summed E-state index contributed by atoms with van der Waals surface area (Å²) in [5, 5.41) is 3.60. The summed E-state index contributed by atoms with van der Waals surface area (Å²) < 4.78 is 5.65. The standard InChI is InChI=1S/C17H28N2O/c1-5-15(18-6-2)14-9-7-8-10-16(14)19-11-12-20-13-17(19,3)4/h7-10,15,18H,5-6,11-13H2,1-4H3. The third-order valence-electron chi connectivity index (χ3n) is 4.11. The molecule has 0 radical (unpaired) electrons. The Morgan fingerprint density at radius 2 is 2.05 bits per heavy atom. The van der Waals surface area contributed by atoms with Gasteiger partial charge in [-0.05, 0) is 38.4 Å². The molecule has 1 atom stereocenters. The number of para-hydroxylation sites is 1. The first kappa shape index (κ1) is 15.3. The topological polar surface area (TPSA) is 24.5 Å². The zero-order chi connectivity index (χ0) is 14.6. The van der Waals surface area contributed by atoms with E-state index in [1.807, 2.05) is 0 Å². The van der Waals surface area contributed by atoms with Crippen molar-refractivity contribution in [3.8, 4) is 0 Å². The quantitative estimate of drug-likeness (QED) is 0.892. The minimum Gasteiger partial charge on any atom is -0.377 e. The van der Waals surface area contributed by atoms with Crippen LogP contribution in [-0.4, -0.2) is 31.8 Å². The number of anilines is 1. The minimum absolute atomic E-state index is 0.0544. The Balaban J connectivity index is 2.35. The van der Waals surface area contributed by atoms with Gasteiger partial charge < -0.3 is 15.0 Å². The molecule has 3 heteroatoms. The fraction of sp³-hybridized carbons (Fsp3) is 0.647. The summed E-state index contributed by atoms with van der Waals surface area (Å²) >= 11 is 0. The van der Waals surface area contributed by atoms with Gasteiger partial charge in [0.05, 0.1) is 18.8 Å². The van der Waals surface area contributed by atoms with Crippen molar-refractivity contribution in [2.45, 2.75) is 45.7 Å². The predicted octanol–water partition coefficient (Wildman–Crippen LogP) is 3.36. The van der Waals surface area contributed by atoms with Gasteiger partial charge in [0.1, 0.15) is 0 Å². The van der Waals surface area contributed by atoms with E-state index in [9.17, 15) is 0 Å². The van der Waals surface area contributed by atoms with Crippen molar-refractivity contribution in [3.05, 3.63) is 29.8 Å². The predicted molar refractivity (Wildman–Crippen MR) is 85.4 cm³/mol. The Hall–Kier alpha value is -1.06. The molecule has 112 valence electrons. The molecular weight excluding hydrogens is 248 g/mol. The molecule has 1 unspecified atom stereocenters. The van der Waals surface area contributed by atoms with Crippen molar-refractivity contribution < 1.29 is 4.74 Å². The van der Waals surface area contributed by atoms with Crippen LogP contribution in [-0.2, 0) is 4.74 Å². The highest BCUT2D eigenvalue weighted by molar-refractivity contribution is 5.57. The van der Waals surface area contributed by atoms with Crippen molar-refractivity contribution in [1.29, 1.82) is 0 Å². The summed E-state index contributed by atoms with van der Waals surface area (Å²) in [4.78, 5) is 2.51. The van der Waals surface area contributed by atoms with Gasteiger partial charge in [-0.3, -0.25) is 0 Å². The van der Waals surface area contributed by atoms with Crippen LogP contribution in [0.15, 0.2) is 24.3 Å². The number of nitrogens with one attached hydrogen (secondary N) is 1. The summed E-state index contributed by atoms with van der Waals surface area (Å²) in [6.07, 6.45) is 1.11. The number of rotatable bonds is 5. The lowest BCUT2D eigenvalue weighted by Gasteiger charge is -2.45. The number of hydrogen-bond acceptors (Lipinski definition) is 3. The second kappa shape index (κ2) is 6.59. The fourth-order valence-corrected chi connectivity index (χ4v) is 3.05. The Kier molecular flexibility index (Phi) is 5.06. The van der Waals surface area contributed by atoms with Crippen LogP contribution in [0.1, 0.15) is 45.7 Å². The maximum Gasteiger partial charge on any atom is 0.0694 e. The second-order valence-electron chi connectivity index (χ2n) is 6.09. The highest BCUT2D eigenvalue weighted by atomic mass is 16.5. The molecule has 1 aromatic rings. The van der Waals surface area contributed by atoms with E-state index in [0.717, 1.165) is 32.7 Å². The molecule has 1 aliphatic rings. The summed E-state index contributed by atoms with van der Waals surface area (Å²) in [6.45, 7) is 12.5. The SMILES string of the molecule is CCNC(CC)c1ccccc1N1CCOCC1(C)C. The smallest absolute Gasteiger partial charge is 0.0694 e. The van der Waals surface area contributed by atoms with Crippen LogP contribution in [0.4, 0.5) is 5.69 Å². The second-order valence-corrected chi connectivity index (χ2v) is 6.09. The third kappa shape index (κ3) is 3.15. The number of ether oxygens (including phenoxy) is 1. The van der Waals surface area contributed by atoms with E-state index in [-0.39, 0.29) is 5.54 Å². The van der Waals surface area contributed by atoms with Crippen LogP contribution in [0, 0.1) is 0 Å². The van der Waals surface area contributed by atoms with Crippen LogP contribution >= 0.6 is 0 Å². The van der Waals surface area contributed by atoms with Gasteiger partial charge in [-0.1, -0.05) is 32.0 Å². The molecule has 1 saturated heterocycles. The fourth-order valence-electron chi connectivity index (χ4n) is 3.05. The number of morpholine rings is 1. The van der Waals surface area contributed by atoms with Gasteiger partial charge in [-0.2, -0.15) is 0 Å². The van der Waals surface area contributed by atoms with Gasteiger partial charge in [-0.15, -0.1) is 0 Å². The van der Waals surface area contributed by atoms with Crippen LogP contribution in [0.5, 0.6) is 0 Å². The number of hydrogen-bond donors (Lipinski definition) is 1. The summed E-state index contributed by atoms with van der Waals surface area (Å²) in [5.41, 5.74) is 2.82. The maximum atomic E-state index is 5.65. The monoisotopic (exact) mass is 276 g/mol. The molecule has 1 aromatic carbocycles. The number of nitrogens with zero attached hydrogens (tertiary/aromatic N) is 1. The lowest BCUT2D eigenvalue weighted by molar-refractivity contribution is 0.0642. The molecule has 1 heterocycles. The molecule has 0 spiro atoms. The van der Waals surface area contributed by atoms with Crippen molar-refractivity contribution in [2.75, 3.05) is 31.2 Å². The lowest BCUT2D eigenvalue weighted by Crippen LogP contribution is -2.53. The van der Waals surface area contributed by atoms with Crippen LogP contribution in [0.2, 0.25) is 0 Å². The Bertz CT molecular complexity index is 431. The van der Waals surface area contributed by atoms with Gasteiger partial charge in [0, 0.05) is 18.3 Å². The molecule has 1 N–H and O–H groups in total. The van der Waals surface area contributed by atoms with Crippen LogP contribution in [0.25, 0.3) is 0 Å². The van der Waals surface area contributed by atoms with Gasteiger partial charge in [0.2, 0.25) is 0 Å². The maximum absolute atomic E-state index is 5.65. The molecule has 1 fully saturated rings. The van der Waals surface area contributed by atoms with Crippen molar-refractivity contribution in [3.63, 3.8) is 0 Å². The average molecular weight is 276 g/mol. The molecule has 20 heavy (non-hydrogen) atoms.